The van der Waals surface area contributed by atoms with Crippen LogP contribution in [0.15, 0.2) is 24.4 Å². The molecular formula is C6H9NO. The van der Waals surface area contributed by atoms with Crippen LogP contribution in [0, 0.1) is 0 Å². The smallest absolute Gasteiger partial charge is 0.144 e. The van der Waals surface area contributed by atoms with Gasteiger partial charge in [0, 0.05) is 12.1 Å². The number of carbonyl (C=O) groups excluding carboxylic acids is 1. The first-order valence-corrected chi connectivity index (χ1v) is 2.32. The van der Waals surface area contributed by atoms with Crippen molar-refractivity contribution in [1.29, 1.82) is 0 Å². The Morgan fingerprint density at radius 1 is 1.75 bits per heavy atom. The maximum atomic E-state index is 9.70. The highest BCUT2D eigenvalue weighted by molar-refractivity contribution is 5.65. The van der Waals surface area contributed by atoms with Gasteiger partial charge < -0.3 is 5.73 Å². The minimum absolute atomic E-state index is 0.551. The summed E-state index contributed by atoms with van der Waals surface area (Å²) in [5, 5.41) is 0. The van der Waals surface area contributed by atoms with Gasteiger partial charge in [-0.2, -0.15) is 0 Å². The second kappa shape index (κ2) is 4.12. The first-order valence-electron chi connectivity index (χ1n) is 2.32. The summed E-state index contributed by atoms with van der Waals surface area (Å²) in [6.07, 6.45) is 4.22. The molecule has 2 N–H and O–H groups in total. The monoisotopic (exact) mass is 111 g/mol. The van der Waals surface area contributed by atoms with Crippen LogP contribution in [0.25, 0.3) is 0 Å². The van der Waals surface area contributed by atoms with Crippen LogP contribution in [-0.4, -0.2) is 6.29 Å². The van der Waals surface area contributed by atoms with E-state index in [0.717, 1.165) is 0 Å². The van der Waals surface area contributed by atoms with Crippen LogP contribution in [0.3, 0.4) is 0 Å². The highest BCUT2D eigenvalue weighted by Gasteiger charge is 1.79. The Bertz CT molecular complexity index is 116. The molecule has 0 aliphatic carbocycles. The average Bonchev–Trinajstić information content (AvgIpc) is 1.68. The quantitative estimate of drug-likeness (QED) is 0.329. The van der Waals surface area contributed by atoms with E-state index in [1.807, 2.05) is 0 Å². The second-order valence-corrected chi connectivity index (χ2v) is 1.37. The van der Waals surface area contributed by atoms with Crippen molar-refractivity contribution in [2.24, 2.45) is 5.73 Å². The molecule has 0 radical (unpaired) electrons. The SMILES string of the molecule is C=CCC(N)=CC=O. The van der Waals surface area contributed by atoms with E-state index < -0.39 is 0 Å². The molecule has 0 aromatic heterocycles. The van der Waals surface area contributed by atoms with E-state index in [4.69, 9.17) is 5.73 Å². The number of rotatable bonds is 3. The zero-order valence-electron chi connectivity index (χ0n) is 4.63. The molecule has 2 nitrogen and oxygen atoms in total. The summed E-state index contributed by atoms with van der Waals surface area (Å²) in [4.78, 5) is 9.70. The molecular weight excluding hydrogens is 102 g/mol. The minimum atomic E-state index is 0.551. The number of allylic oxidation sites excluding steroid dienone is 2. The molecule has 0 spiro atoms. The lowest BCUT2D eigenvalue weighted by atomic mass is 10.3. The molecule has 2 heteroatoms. The van der Waals surface area contributed by atoms with Crippen molar-refractivity contribution < 1.29 is 4.79 Å². The second-order valence-electron chi connectivity index (χ2n) is 1.37. The van der Waals surface area contributed by atoms with Crippen LogP contribution in [0.4, 0.5) is 0 Å². The van der Waals surface area contributed by atoms with Crippen molar-refractivity contribution in [1.82, 2.24) is 0 Å². The molecule has 0 heterocycles. The average molecular weight is 111 g/mol. The summed E-state index contributed by atoms with van der Waals surface area (Å²) in [7, 11) is 0. The van der Waals surface area contributed by atoms with Crippen LogP contribution in [0.1, 0.15) is 6.42 Å². The molecule has 0 aromatic rings. The molecule has 0 saturated heterocycles. The van der Waals surface area contributed by atoms with E-state index in [0.29, 0.717) is 18.4 Å². The Hall–Kier alpha value is -1.05. The van der Waals surface area contributed by atoms with Crippen molar-refractivity contribution in [2.75, 3.05) is 0 Å². The molecule has 0 aliphatic rings. The summed E-state index contributed by atoms with van der Waals surface area (Å²) in [6, 6.07) is 0. The van der Waals surface area contributed by atoms with Crippen molar-refractivity contribution in [3.8, 4) is 0 Å². The summed E-state index contributed by atoms with van der Waals surface area (Å²) in [5.74, 6) is 0. The molecule has 0 amide bonds. The first kappa shape index (κ1) is 6.95. The molecule has 8 heavy (non-hydrogen) atoms. The summed E-state index contributed by atoms with van der Waals surface area (Å²) >= 11 is 0. The fourth-order valence-corrected chi connectivity index (χ4v) is 0.322. The van der Waals surface area contributed by atoms with Gasteiger partial charge >= 0.3 is 0 Å². The predicted molar refractivity (Wildman–Crippen MR) is 33.1 cm³/mol. The highest BCUT2D eigenvalue weighted by Crippen LogP contribution is 1.88. The summed E-state index contributed by atoms with van der Waals surface area (Å²) in [5.41, 5.74) is 5.80. The van der Waals surface area contributed by atoms with E-state index in [1.54, 1.807) is 6.08 Å². The van der Waals surface area contributed by atoms with Crippen LogP contribution < -0.4 is 5.73 Å². The molecule has 44 valence electrons. The van der Waals surface area contributed by atoms with Crippen molar-refractivity contribution >= 4 is 6.29 Å². The molecule has 0 rings (SSSR count). The standard InChI is InChI=1S/C6H9NO/c1-2-3-6(7)4-5-8/h2,4-5H,1,3,7H2. The number of carbonyl (C=O) groups is 1. The van der Waals surface area contributed by atoms with Gasteiger partial charge in [-0.25, -0.2) is 0 Å². The van der Waals surface area contributed by atoms with Crippen molar-refractivity contribution in [2.45, 2.75) is 6.42 Å². The van der Waals surface area contributed by atoms with Gasteiger partial charge in [0.25, 0.3) is 0 Å². The Morgan fingerprint density at radius 2 is 2.38 bits per heavy atom. The van der Waals surface area contributed by atoms with Crippen LogP contribution in [-0.2, 0) is 4.79 Å². The van der Waals surface area contributed by atoms with E-state index in [1.165, 1.54) is 6.08 Å². The molecule has 0 atom stereocenters. The number of hydrogen-bond donors (Lipinski definition) is 1. The Labute approximate surface area is 48.7 Å². The van der Waals surface area contributed by atoms with Crippen LogP contribution >= 0.6 is 0 Å². The van der Waals surface area contributed by atoms with Gasteiger partial charge in [0.15, 0.2) is 0 Å². The van der Waals surface area contributed by atoms with Crippen molar-refractivity contribution in [3.05, 3.63) is 24.4 Å². The third-order valence-corrected chi connectivity index (χ3v) is 0.662. The third kappa shape index (κ3) is 3.15. The largest absolute Gasteiger partial charge is 0.402 e. The molecule has 0 fully saturated rings. The zero-order chi connectivity index (χ0) is 6.41. The lowest BCUT2D eigenvalue weighted by Gasteiger charge is -1.87. The normalized spacial score (nSPS) is 10.8. The van der Waals surface area contributed by atoms with E-state index in [9.17, 15) is 4.79 Å². The van der Waals surface area contributed by atoms with Gasteiger partial charge in [0.05, 0.1) is 0 Å². The number of nitrogens with two attached hydrogens (primary N) is 1. The Balaban J connectivity index is 3.60. The van der Waals surface area contributed by atoms with Gasteiger partial charge in [-0.05, 0) is 6.08 Å². The summed E-state index contributed by atoms with van der Waals surface area (Å²) in [6.45, 7) is 3.45. The molecule has 0 aromatic carbocycles. The zero-order valence-corrected chi connectivity index (χ0v) is 4.63. The van der Waals surface area contributed by atoms with Gasteiger partial charge in [-0.1, -0.05) is 6.08 Å². The van der Waals surface area contributed by atoms with E-state index in [2.05, 4.69) is 6.58 Å². The maximum Gasteiger partial charge on any atom is 0.144 e. The molecule has 0 bridgehead atoms. The van der Waals surface area contributed by atoms with E-state index >= 15 is 0 Å². The van der Waals surface area contributed by atoms with E-state index in [-0.39, 0.29) is 0 Å². The first-order chi connectivity index (χ1) is 3.81. The minimum Gasteiger partial charge on any atom is -0.402 e. The van der Waals surface area contributed by atoms with Gasteiger partial charge in [-0.3, -0.25) is 4.79 Å². The summed E-state index contributed by atoms with van der Waals surface area (Å²) < 4.78 is 0. The molecule has 0 saturated carbocycles. The topological polar surface area (TPSA) is 43.1 Å². The predicted octanol–water partition coefficient (Wildman–Crippen LogP) is 0.604. The lowest BCUT2D eigenvalue weighted by molar-refractivity contribution is -0.104. The Morgan fingerprint density at radius 3 is 2.75 bits per heavy atom. The maximum absolute atomic E-state index is 9.70. The fraction of sp³-hybridized carbons (Fsp3) is 0.167. The van der Waals surface area contributed by atoms with Crippen LogP contribution in [0.2, 0.25) is 0 Å². The third-order valence-electron chi connectivity index (χ3n) is 0.662. The fourth-order valence-electron chi connectivity index (χ4n) is 0.322. The Kier molecular flexibility index (Phi) is 3.58. The van der Waals surface area contributed by atoms with Crippen molar-refractivity contribution in [3.63, 3.8) is 0 Å². The van der Waals surface area contributed by atoms with Gasteiger partial charge in [0.2, 0.25) is 0 Å². The number of aldehydes is 1. The molecule has 0 unspecified atom stereocenters. The van der Waals surface area contributed by atoms with Crippen LogP contribution in [0.5, 0.6) is 0 Å². The number of hydrogen-bond acceptors (Lipinski definition) is 2. The lowest BCUT2D eigenvalue weighted by Crippen LogP contribution is -1.94. The van der Waals surface area contributed by atoms with Gasteiger partial charge in [-0.15, -0.1) is 6.58 Å². The molecule has 0 aliphatic heterocycles. The van der Waals surface area contributed by atoms with Gasteiger partial charge in [0.1, 0.15) is 6.29 Å². The highest BCUT2D eigenvalue weighted by atomic mass is 16.1.